The maximum atomic E-state index is 3.34. The number of hydrogen-bond acceptors (Lipinski definition) is 0. The van der Waals surface area contributed by atoms with Crippen molar-refractivity contribution in [3.63, 3.8) is 0 Å². The van der Waals surface area contributed by atoms with Gasteiger partial charge in [0.25, 0.3) is 0 Å². The van der Waals surface area contributed by atoms with Gasteiger partial charge in [-0.05, 0) is 0 Å². The molecule has 2 rings (SSSR count). The van der Waals surface area contributed by atoms with Crippen LogP contribution in [-0.2, 0) is 24.2 Å². The normalized spacial score (nSPS) is 14.2. The maximum Gasteiger partial charge on any atom is -1.00 e. The number of hydrogen-bond donors (Lipinski definition) is 0. The zero-order valence-corrected chi connectivity index (χ0v) is 13.7. The molecule has 0 aromatic heterocycles. The fraction of sp³-hybridized carbons (Fsp3) is 0.308. The van der Waals surface area contributed by atoms with Crippen LogP contribution in [0.4, 0.5) is 0 Å². The van der Waals surface area contributed by atoms with E-state index in [0.717, 1.165) is 12.8 Å². The molecular weight excluding hydrogens is 318 g/mol. The molecule has 0 radical (unpaired) electrons. The Kier molecular flexibility index (Phi) is 20.6. The SMILES string of the molecule is CC1=[C-]CC(C)=C1.[C-]1=CC=CC1.[CH2]=[Zr+2].[Cl-].[Cl-]. The average molecular weight is 334 g/mol. The molecule has 0 aromatic rings. The summed E-state index contributed by atoms with van der Waals surface area (Å²) < 4.78 is 3.34. The van der Waals surface area contributed by atoms with Gasteiger partial charge in [0, 0.05) is 0 Å². The molecule has 0 amide bonds. The second kappa shape index (κ2) is 15.3. The van der Waals surface area contributed by atoms with Crippen molar-refractivity contribution in [2.75, 3.05) is 0 Å². The first-order valence-electron chi connectivity index (χ1n) is 4.61. The fourth-order valence-electron chi connectivity index (χ4n) is 1.09. The zero-order valence-electron chi connectivity index (χ0n) is 9.69. The molecule has 0 saturated heterocycles. The van der Waals surface area contributed by atoms with Gasteiger partial charge in [0.15, 0.2) is 0 Å². The molecule has 88 valence electrons. The standard InChI is InChI=1S/C7H9.C5H5.CH2.2ClH.Zr/c1-6-3-4-7(2)5-6;1-2-4-5-3-1;;;;/h5H,3H2,1-2H3;1-3H,4H2;1H2;2*1H;/q2*-1;;;;+2/p-2. The Labute approximate surface area is 127 Å². The Morgan fingerprint density at radius 2 is 1.88 bits per heavy atom. The molecule has 0 aliphatic heterocycles. The first-order valence-corrected chi connectivity index (χ1v) is 6.34. The third kappa shape index (κ3) is 12.4. The van der Waals surface area contributed by atoms with Crippen molar-refractivity contribution in [3.05, 3.63) is 47.6 Å². The summed E-state index contributed by atoms with van der Waals surface area (Å²) >= 11 is 1.30. The Morgan fingerprint density at radius 1 is 1.25 bits per heavy atom. The Bertz CT molecular complexity index is 266. The van der Waals surface area contributed by atoms with Gasteiger partial charge >= 0.3 is 28.4 Å². The van der Waals surface area contributed by atoms with E-state index in [1.807, 2.05) is 12.2 Å². The molecule has 0 saturated carbocycles. The average Bonchev–Trinajstić information content (AvgIpc) is 2.84. The van der Waals surface area contributed by atoms with Crippen LogP contribution < -0.4 is 24.8 Å². The molecule has 3 heteroatoms. The number of halogens is 2. The predicted molar refractivity (Wildman–Crippen MR) is 59.5 cm³/mol. The van der Waals surface area contributed by atoms with Crippen molar-refractivity contribution in [3.8, 4) is 0 Å². The van der Waals surface area contributed by atoms with E-state index in [2.05, 4.69) is 42.4 Å². The molecule has 2 aliphatic rings. The Morgan fingerprint density at radius 3 is 2.00 bits per heavy atom. The molecule has 0 unspecified atom stereocenters. The molecule has 0 N–H and O–H groups in total. The van der Waals surface area contributed by atoms with E-state index < -0.39 is 0 Å². The van der Waals surface area contributed by atoms with Crippen molar-refractivity contribution < 1.29 is 49.0 Å². The van der Waals surface area contributed by atoms with Crippen LogP contribution in [0.3, 0.4) is 0 Å². The van der Waals surface area contributed by atoms with Crippen LogP contribution in [0.1, 0.15) is 26.7 Å². The smallest absolute Gasteiger partial charge is 1.00 e. The minimum absolute atomic E-state index is 0. The second-order valence-corrected chi connectivity index (χ2v) is 3.03. The minimum atomic E-state index is 0. The Balaban J connectivity index is -0.000000169. The quantitative estimate of drug-likeness (QED) is 0.425. The fourth-order valence-corrected chi connectivity index (χ4v) is 1.09. The molecule has 0 aromatic carbocycles. The molecule has 0 spiro atoms. The third-order valence-electron chi connectivity index (χ3n) is 1.69. The molecule has 16 heavy (non-hydrogen) atoms. The molecule has 0 atom stereocenters. The van der Waals surface area contributed by atoms with Crippen molar-refractivity contribution in [2.24, 2.45) is 0 Å². The summed E-state index contributed by atoms with van der Waals surface area (Å²) in [5, 5.41) is 0. The summed E-state index contributed by atoms with van der Waals surface area (Å²) in [4.78, 5) is 0. The van der Waals surface area contributed by atoms with Crippen LogP contribution in [0, 0.1) is 12.2 Å². The van der Waals surface area contributed by atoms with Crippen molar-refractivity contribution in [1.29, 1.82) is 0 Å². The summed E-state index contributed by atoms with van der Waals surface area (Å²) in [5.74, 6) is 0. The minimum Gasteiger partial charge on any atom is -1.00 e. The van der Waals surface area contributed by atoms with Crippen LogP contribution in [0.5, 0.6) is 0 Å². The van der Waals surface area contributed by atoms with Crippen LogP contribution in [-0.4, -0.2) is 4.21 Å². The van der Waals surface area contributed by atoms with E-state index in [1.54, 1.807) is 0 Å². The van der Waals surface area contributed by atoms with E-state index >= 15 is 0 Å². The Hall–Kier alpha value is 0.293. The molecule has 0 heterocycles. The molecular formula is C13H16Cl2Zr-2. The van der Waals surface area contributed by atoms with Gasteiger partial charge in [-0.2, -0.15) is 11.6 Å². The molecule has 2 aliphatic carbocycles. The summed E-state index contributed by atoms with van der Waals surface area (Å²) in [7, 11) is 0. The molecule has 0 nitrogen and oxygen atoms in total. The topological polar surface area (TPSA) is 0 Å². The largest absolute Gasteiger partial charge is 1.00 e. The van der Waals surface area contributed by atoms with Gasteiger partial charge in [-0.25, -0.2) is 23.8 Å². The van der Waals surface area contributed by atoms with Gasteiger partial charge in [-0.1, -0.05) is 13.8 Å². The van der Waals surface area contributed by atoms with Gasteiger partial charge in [-0.3, -0.25) is 12.2 Å². The van der Waals surface area contributed by atoms with Gasteiger partial charge in [0.2, 0.25) is 0 Å². The molecule has 0 fully saturated rings. The van der Waals surface area contributed by atoms with Crippen molar-refractivity contribution >= 4 is 4.21 Å². The van der Waals surface area contributed by atoms with Crippen molar-refractivity contribution in [1.82, 2.24) is 0 Å². The first-order chi connectivity index (χ1) is 6.79. The summed E-state index contributed by atoms with van der Waals surface area (Å²) in [5.41, 5.74) is 2.72. The van der Waals surface area contributed by atoms with Crippen LogP contribution in [0.2, 0.25) is 0 Å². The van der Waals surface area contributed by atoms with E-state index in [4.69, 9.17) is 0 Å². The predicted octanol–water partition coefficient (Wildman–Crippen LogP) is -2.64. The van der Waals surface area contributed by atoms with E-state index in [9.17, 15) is 0 Å². The second-order valence-electron chi connectivity index (χ2n) is 3.03. The van der Waals surface area contributed by atoms with Gasteiger partial charge < -0.3 is 24.8 Å². The first kappa shape index (κ1) is 21.6. The number of rotatable bonds is 0. The monoisotopic (exact) mass is 332 g/mol. The van der Waals surface area contributed by atoms with E-state index in [0.29, 0.717) is 0 Å². The van der Waals surface area contributed by atoms with Crippen LogP contribution in [0.15, 0.2) is 35.5 Å². The number of allylic oxidation sites excluding steroid dienone is 8. The van der Waals surface area contributed by atoms with Crippen molar-refractivity contribution in [2.45, 2.75) is 26.7 Å². The van der Waals surface area contributed by atoms with E-state index in [-0.39, 0.29) is 24.8 Å². The van der Waals surface area contributed by atoms with E-state index in [1.165, 1.54) is 35.4 Å². The summed E-state index contributed by atoms with van der Waals surface area (Å²) in [6.45, 7) is 4.21. The van der Waals surface area contributed by atoms with Gasteiger partial charge in [0.05, 0.1) is 0 Å². The van der Waals surface area contributed by atoms with Gasteiger partial charge in [-0.15, -0.1) is 12.8 Å². The third-order valence-corrected chi connectivity index (χ3v) is 1.69. The van der Waals surface area contributed by atoms with Crippen LogP contribution >= 0.6 is 0 Å². The zero-order chi connectivity index (χ0) is 10.8. The molecule has 0 bridgehead atoms. The van der Waals surface area contributed by atoms with Crippen LogP contribution in [0.25, 0.3) is 0 Å². The summed E-state index contributed by atoms with van der Waals surface area (Å²) in [6, 6.07) is 0. The van der Waals surface area contributed by atoms with Gasteiger partial charge in [0.1, 0.15) is 0 Å². The maximum absolute atomic E-state index is 3.34. The summed E-state index contributed by atoms with van der Waals surface area (Å²) in [6.07, 6.45) is 16.4.